The van der Waals surface area contributed by atoms with Crippen LogP contribution in [-0.4, -0.2) is 4.57 Å². The van der Waals surface area contributed by atoms with E-state index in [0.717, 1.165) is 11.3 Å². The maximum atomic E-state index is 10.8. The van der Waals surface area contributed by atoms with Crippen molar-refractivity contribution in [3.8, 4) is 0 Å². The normalized spacial score (nSPS) is 10.2. The van der Waals surface area contributed by atoms with Crippen LogP contribution in [-0.2, 0) is 6.54 Å². The summed E-state index contributed by atoms with van der Waals surface area (Å²) in [6.07, 6.45) is 4.77. The molecule has 1 aromatic heterocycles. The first-order chi connectivity index (χ1) is 6.34. The Kier molecular flexibility index (Phi) is 2.00. The monoisotopic (exact) mass is 174 g/mol. The predicted octanol–water partition coefficient (Wildman–Crippen LogP) is 1.17. The lowest BCUT2D eigenvalue weighted by Gasteiger charge is -1.96. The van der Waals surface area contributed by atoms with Crippen molar-refractivity contribution in [2.75, 3.05) is 0 Å². The number of aromatic nitrogens is 2. The van der Waals surface area contributed by atoms with E-state index in [1.54, 1.807) is 6.20 Å². The van der Waals surface area contributed by atoms with E-state index in [1.165, 1.54) is 18.1 Å². The molecule has 0 unspecified atom stereocenters. The first-order valence-electron chi connectivity index (χ1n) is 4.13. The summed E-state index contributed by atoms with van der Waals surface area (Å²) in [5.74, 6) is 0. The number of nitrogens with zero attached hydrogens (tertiary/aromatic N) is 2. The third kappa shape index (κ3) is 1.87. The Labute approximate surface area is 76.5 Å². The summed E-state index contributed by atoms with van der Waals surface area (Å²) in [6, 6.07) is 10.0. The minimum Gasteiger partial charge on any atom is -0.711 e. The highest BCUT2D eigenvalue weighted by Gasteiger charge is 1.98. The Morgan fingerprint density at radius 3 is 2.62 bits per heavy atom. The van der Waals surface area contributed by atoms with E-state index in [2.05, 4.69) is 0 Å². The highest BCUT2D eigenvalue weighted by molar-refractivity contribution is 5.14. The fourth-order valence-corrected chi connectivity index (χ4v) is 1.26. The molecule has 1 heterocycles. The van der Waals surface area contributed by atoms with E-state index in [1.807, 2.05) is 34.9 Å². The van der Waals surface area contributed by atoms with Gasteiger partial charge in [0.2, 0.25) is 6.33 Å². The van der Waals surface area contributed by atoms with Gasteiger partial charge in [-0.05, 0) is 5.56 Å². The molecular formula is C10H10N2O. The summed E-state index contributed by atoms with van der Waals surface area (Å²) in [5.41, 5.74) is 1.19. The molecule has 0 fully saturated rings. The van der Waals surface area contributed by atoms with Gasteiger partial charge in [0.1, 0.15) is 18.9 Å². The molecule has 0 bridgehead atoms. The van der Waals surface area contributed by atoms with Gasteiger partial charge in [-0.2, -0.15) is 0 Å². The van der Waals surface area contributed by atoms with Gasteiger partial charge >= 0.3 is 0 Å². The lowest BCUT2D eigenvalue weighted by molar-refractivity contribution is -0.604. The molecule has 0 radical (unpaired) electrons. The quantitative estimate of drug-likeness (QED) is 0.496. The molecule has 0 N–H and O–H groups in total. The Balaban J connectivity index is 2.15. The number of benzene rings is 1. The molecule has 2 rings (SSSR count). The van der Waals surface area contributed by atoms with Crippen LogP contribution in [0.1, 0.15) is 5.56 Å². The zero-order chi connectivity index (χ0) is 9.10. The Morgan fingerprint density at radius 2 is 2.00 bits per heavy atom. The van der Waals surface area contributed by atoms with Crippen LogP contribution >= 0.6 is 0 Å². The molecule has 3 nitrogen and oxygen atoms in total. The van der Waals surface area contributed by atoms with Crippen LogP contribution in [0.2, 0.25) is 0 Å². The molecule has 0 aliphatic carbocycles. The fourth-order valence-electron chi connectivity index (χ4n) is 1.26. The maximum Gasteiger partial charge on any atom is 0.247 e. The zero-order valence-electron chi connectivity index (χ0n) is 7.13. The molecule has 1 aromatic carbocycles. The zero-order valence-corrected chi connectivity index (χ0v) is 7.13. The van der Waals surface area contributed by atoms with Gasteiger partial charge in [0.15, 0.2) is 0 Å². The Bertz CT molecular complexity index is 381. The van der Waals surface area contributed by atoms with Crippen LogP contribution in [0, 0.1) is 5.21 Å². The van der Waals surface area contributed by atoms with E-state index in [9.17, 15) is 5.21 Å². The molecule has 0 aliphatic rings. The SMILES string of the molecule is [O-][n+]1ccn(Cc2ccccc2)c1. The molecule has 0 saturated carbocycles. The van der Waals surface area contributed by atoms with Crippen LogP contribution in [0.4, 0.5) is 0 Å². The van der Waals surface area contributed by atoms with Crippen LogP contribution in [0.25, 0.3) is 0 Å². The van der Waals surface area contributed by atoms with Crippen LogP contribution in [0.3, 0.4) is 0 Å². The minimum atomic E-state index is 0.746. The second kappa shape index (κ2) is 3.31. The van der Waals surface area contributed by atoms with Gasteiger partial charge < -0.3 is 5.21 Å². The van der Waals surface area contributed by atoms with Gasteiger partial charge in [-0.3, -0.25) is 0 Å². The van der Waals surface area contributed by atoms with Crippen molar-refractivity contribution in [2.45, 2.75) is 6.54 Å². The Morgan fingerprint density at radius 1 is 1.23 bits per heavy atom. The van der Waals surface area contributed by atoms with E-state index in [-0.39, 0.29) is 0 Å². The molecule has 13 heavy (non-hydrogen) atoms. The topological polar surface area (TPSA) is 31.9 Å². The van der Waals surface area contributed by atoms with Gasteiger partial charge in [0, 0.05) is 0 Å². The molecule has 0 amide bonds. The average molecular weight is 174 g/mol. The van der Waals surface area contributed by atoms with E-state index in [4.69, 9.17) is 0 Å². The number of hydrogen-bond acceptors (Lipinski definition) is 1. The lowest BCUT2D eigenvalue weighted by atomic mass is 10.2. The molecular weight excluding hydrogens is 164 g/mol. The highest BCUT2D eigenvalue weighted by atomic mass is 16.5. The van der Waals surface area contributed by atoms with Crippen molar-refractivity contribution >= 4 is 0 Å². The molecule has 0 saturated heterocycles. The van der Waals surface area contributed by atoms with E-state index < -0.39 is 0 Å². The molecule has 66 valence electrons. The predicted molar refractivity (Wildman–Crippen MR) is 48.9 cm³/mol. The van der Waals surface area contributed by atoms with Gasteiger partial charge in [-0.25, -0.2) is 9.30 Å². The summed E-state index contributed by atoms with van der Waals surface area (Å²) >= 11 is 0. The van der Waals surface area contributed by atoms with Crippen molar-refractivity contribution in [1.29, 1.82) is 0 Å². The second-order valence-corrected chi connectivity index (χ2v) is 2.93. The second-order valence-electron chi connectivity index (χ2n) is 2.93. The van der Waals surface area contributed by atoms with Gasteiger partial charge in [0.25, 0.3) is 0 Å². The maximum absolute atomic E-state index is 10.8. The average Bonchev–Trinajstić information content (AvgIpc) is 2.53. The summed E-state index contributed by atoms with van der Waals surface area (Å²) in [4.78, 5) is 0. The van der Waals surface area contributed by atoms with Crippen molar-refractivity contribution in [3.05, 3.63) is 59.8 Å². The molecule has 0 spiro atoms. The van der Waals surface area contributed by atoms with Crippen LogP contribution in [0.15, 0.2) is 49.1 Å². The lowest BCUT2D eigenvalue weighted by Crippen LogP contribution is -2.21. The highest BCUT2D eigenvalue weighted by Crippen LogP contribution is 2.00. The molecule has 2 aromatic rings. The van der Waals surface area contributed by atoms with Gasteiger partial charge in [-0.1, -0.05) is 30.3 Å². The Hall–Kier alpha value is -1.77. The van der Waals surface area contributed by atoms with Crippen LogP contribution in [0.5, 0.6) is 0 Å². The summed E-state index contributed by atoms with van der Waals surface area (Å²) in [7, 11) is 0. The first kappa shape index (κ1) is 7.86. The molecule has 0 aliphatic heterocycles. The van der Waals surface area contributed by atoms with Gasteiger partial charge in [-0.15, -0.1) is 0 Å². The molecule has 0 atom stereocenters. The van der Waals surface area contributed by atoms with Crippen molar-refractivity contribution in [1.82, 2.24) is 4.57 Å². The number of imidazole rings is 1. The summed E-state index contributed by atoms with van der Waals surface area (Å²) < 4.78 is 2.64. The standard InChI is InChI=1S/C10H10N2O/c13-12-7-6-11(9-12)8-10-4-2-1-3-5-10/h1-7,9H,8H2. The number of rotatable bonds is 2. The number of hydrogen-bond donors (Lipinski definition) is 0. The summed E-state index contributed by atoms with van der Waals surface area (Å²) in [5, 5.41) is 10.8. The fraction of sp³-hybridized carbons (Fsp3) is 0.100. The minimum absolute atomic E-state index is 0.746. The third-order valence-corrected chi connectivity index (χ3v) is 1.88. The largest absolute Gasteiger partial charge is 0.711 e. The van der Waals surface area contributed by atoms with Crippen molar-refractivity contribution in [2.24, 2.45) is 0 Å². The van der Waals surface area contributed by atoms with Gasteiger partial charge in [0.05, 0.1) is 0 Å². The smallest absolute Gasteiger partial charge is 0.247 e. The van der Waals surface area contributed by atoms with Crippen LogP contribution < -0.4 is 4.73 Å². The summed E-state index contributed by atoms with van der Waals surface area (Å²) in [6.45, 7) is 0.746. The first-order valence-corrected chi connectivity index (χ1v) is 4.13. The van der Waals surface area contributed by atoms with Crippen molar-refractivity contribution < 1.29 is 4.73 Å². The van der Waals surface area contributed by atoms with E-state index >= 15 is 0 Å². The third-order valence-electron chi connectivity index (χ3n) is 1.88. The van der Waals surface area contributed by atoms with E-state index in [0.29, 0.717) is 0 Å². The molecule has 3 heteroatoms. The van der Waals surface area contributed by atoms with Crippen molar-refractivity contribution in [3.63, 3.8) is 0 Å².